The van der Waals surface area contributed by atoms with Crippen molar-refractivity contribution < 1.29 is 4.79 Å². The van der Waals surface area contributed by atoms with Crippen molar-refractivity contribution in [1.29, 1.82) is 0 Å². The Morgan fingerprint density at radius 3 is 2.59 bits per heavy atom. The highest BCUT2D eigenvalue weighted by atomic mass is 35.5. The molecule has 0 radical (unpaired) electrons. The quantitative estimate of drug-likeness (QED) is 0.743. The molecular formula is C17H20ClN3O. The summed E-state index contributed by atoms with van der Waals surface area (Å²) in [4.78, 5) is 12.3. The zero-order chi connectivity index (χ0) is 16.3. The Labute approximate surface area is 135 Å². The minimum atomic E-state index is -0.163. The molecule has 0 atom stereocenters. The molecule has 0 saturated heterocycles. The summed E-state index contributed by atoms with van der Waals surface area (Å²) in [5.41, 5.74) is 9.34. The van der Waals surface area contributed by atoms with Crippen LogP contribution in [0.2, 0.25) is 5.02 Å². The van der Waals surface area contributed by atoms with Gasteiger partial charge in [0.15, 0.2) is 0 Å². The topological polar surface area (TPSA) is 67.1 Å². The van der Waals surface area contributed by atoms with Gasteiger partial charge in [0.25, 0.3) is 5.91 Å². The first-order valence-electron chi connectivity index (χ1n) is 7.11. The summed E-state index contributed by atoms with van der Waals surface area (Å²) in [6.07, 6.45) is 0. The van der Waals surface area contributed by atoms with E-state index in [-0.39, 0.29) is 11.9 Å². The predicted molar refractivity (Wildman–Crippen MR) is 92.9 cm³/mol. The van der Waals surface area contributed by atoms with E-state index >= 15 is 0 Å². The lowest BCUT2D eigenvalue weighted by atomic mass is 10.1. The van der Waals surface area contributed by atoms with E-state index in [1.54, 1.807) is 18.2 Å². The van der Waals surface area contributed by atoms with E-state index in [2.05, 4.69) is 10.6 Å². The number of carbonyl (C=O) groups excluding carboxylic acids is 1. The van der Waals surface area contributed by atoms with E-state index in [9.17, 15) is 4.79 Å². The molecule has 2 aromatic rings. The van der Waals surface area contributed by atoms with Gasteiger partial charge in [0.2, 0.25) is 0 Å². The molecule has 0 aromatic heterocycles. The lowest BCUT2D eigenvalue weighted by Crippen LogP contribution is -2.30. The zero-order valence-corrected chi connectivity index (χ0v) is 13.7. The van der Waals surface area contributed by atoms with Gasteiger partial charge >= 0.3 is 0 Å². The lowest BCUT2D eigenvalue weighted by Gasteiger charge is -2.16. The number of nitrogens with two attached hydrogens (primary N) is 1. The molecule has 0 aliphatic heterocycles. The molecule has 1 amide bonds. The number of hydrogen-bond donors (Lipinski definition) is 3. The van der Waals surface area contributed by atoms with Crippen LogP contribution in [0, 0.1) is 6.92 Å². The maximum Gasteiger partial charge on any atom is 0.253 e. The second-order valence-electron chi connectivity index (χ2n) is 5.47. The number of amides is 1. The number of benzene rings is 2. The van der Waals surface area contributed by atoms with Crippen LogP contribution < -0.4 is 16.4 Å². The van der Waals surface area contributed by atoms with Crippen LogP contribution in [0.1, 0.15) is 29.8 Å². The highest BCUT2D eigenvalue weighted by molar-refractivity contribution is 6.31. The third kappa shape index (κ3) is 3.71. The Morgan fingerprint density at radius 1 is 1.18 bits per heavy atom. The van der Waals surface area contributed by atoms with Gasteiger partial charge in [-0.1, -0.05) is 17.7 Å². The van der Waals surface area contributed by atoms with Gasteiger partial charge in [-0.2, -0.15) is 0 Å². The Kier molecular flexibility index (Phi) is 4.93. The Hall–Kier alpha value is -2.20. The van der Waals surface area contributed by atoms with Crippen LogP contribution in [0.25, 0.3) is 0 Å². The summed E-state index contributed by atoms with van der Waals surface area (Å²) in [5.74, 6) is -0.163. The fourth-order valence-electron chi connectivity index (χ4n) is 2.09. The number of nitrogen functional groups attached to an aromatic ring is 1. The molecule has 0 heterocycles. The van der Waals surface area contributed by atoms with Crippen LogP contribution in [0.3, 0.4) is 0 Å². The molecule has 116 valence electrons. The summed E-state index contributed by atoms with van der Waals surface area (Å²) in [7, 11) is 0. The van der Waals surface area contributed by atoms with Gasteiger partial charge in [-0.3, -0.25) is 4.79 Å². The molecule has 0 bridgehead atoms. The monoisotopic (exact) mass is 317 g/mol. The molecular weight excluding hydrogens is 298 g/mol. The largest absolute Gasteiger partial charge is 0.399 e. The maximum atomic E-state index is 12.3. The average Bonchev–Trinajstić information content (AvgIpc) is 2.45. The summed E-state index contributed by atoms with van der Waals surface area (Å²) in [5, 5.41) is 6.81. The second-order valence-corrected chi connectivity index (χ2v) is 5.88. The van der Waals surface area contributed by atoms with Gasteiger partial charge in [0.1, 0.15) is 0 Å². The summed E-state index contributed by atoms with van der Waals surface area (Å²) >= 11 is 6.14. The number of carbonyl (C=O) groups is 1. The minimum Gasteiger partial charge on any atom is -0.399 e. The van der Waals surface area contributed by atoms with Crippen molar-refractivity contribution in [3.8, 4) is 0 Å². The molecule has 0 fully saturated rings. The third-order valence-corrected chi connectivity index (χ3v) is 3.65. The molecule has 4 N–H and O–H groups in total. The Bertz CT molecular complexity index is 698. The number of halogens is 1. The van der Waals surface area contributed by atoms with Crippen molar-refractivity contribution in [2.45, 2.75) is 26.8 Å². The third-order valence-electron chi connectivity index (χ3n) is 3.25. The minimum absolute atomic E-state index is 0.0506. The molecule has 0 aliphatic rings. The first kappa shape index (κ1) is 16.2. The molecule has 2 rings (SSSR count). The molecule has 2 aromatic carbocycles. The van der Waals surface area contributed by atoms with Crippen LogP contribution in [0.4, 0.5) is 17.1 Å². The molecule has 5 heteroatoms. The molecule has 0 unspecified atom stereocenters. The van der Waals surface area contributed by atoms with Gasteiger partial charge in [-0.15, -0.1) is 0 Å². The molecule has 0 saturated carbocycles. The molecule has 22 heavy (non-hydrogen) atoms. The van der Waals surface area contributed by atoms with Gasteiger partial charge in [-0.25, -0.2) is 0 Å². The standard InChI is InChI=1S/C17H20ClN3O/c1-10(2)20-17(22)13-9-12(19)7-8-16(13)21-15-6-4-5-14(18)11(15)3/h4-10,21H,19H2,1-3H3,(H,20,22). The molecule has 0 aliphatic carbocycles. The van der Waals surface area contributed by atoms with E-state index in [0.29, 0.717) is 22.0 Å². The van der Waals surface area contributed by atoms with E-state index in [0.717, 1.165) is 11.3 Å². The number of rotatable bonds is 4. The summed E-state index contributed by atoms with van der Waals surface area (Å²) < 4.78 is 0. The normalized spacial score (nSPS) is 10.6. The van der Waals surface area contributed by atoms with E-state index < -0.39 is 0 Å². The molecule has 4 nitrogen and oxygen atoms in total. The first-order valence-corrected chi connectivity index (χ1v) is 7.49. The van der Waals surface area contributed by atoms with Crippen molar-refractivity contribution in [1.82, 2.24) is 5.32 Å². The fourth-order valence-corrected chi connectivity index (χ4v) is 2.26. The number of hydrogen-bond acceptors (Lipinski definition) is 3. The smallest absolute Gasteiger partial charge is 0.253 e. The van der Waals surface area contributed by atoms with Gasteiger partial charge in [0, 0.05) is 22.4 Å². The highest BCUT2D eigenvalue weighted by Gasteiger charge is 2.14. The van der Waals surface area contributed by atoms with Crippen molar-refractivity contribution in [2.75, 3.05) is 11.1 Å². The summed E-state index contributed by atoms with van der Waals surface area (Å²) in [6.45, 7) is 5.76. The predicted octanol–water partition coefficient (Wildman–Crippen LogP) is 4.11. The van der Waals surface area contributed by atoms with Crippen LogP contribution in [-0.4, -0.2) is 11.9 Å². The second kappa shape index (κ2) is 6.71. The van der Waals surface area contributed by atoms with Crippen molar-refractivity contribution in [2.24, 2.45) is 0 Å². The highest BCUT2D eigenvalue weighted by Crippen LogP contribution is 2.28. The van der Waals surface area contributed by atoms with Crippen LogP contribution >= 0.6 is 11.6 Å². The molecule has 0 spiro atoms. The fraction of sp³-hybridized carbons (Fsp3) is 0.235. The average molecular weight is 318 g/mol. The van der Waals surface area contributed by atoms with E-state index in [1.165, 1.54) is 0 Å². The van der Waals surface area contributed by atoms with Gasteiger partial charge in [-0.05, 0) is 56.7 Å². The number of nitrogens with one attached hydrogen (secondary N) is 2. The van der Waals surface area contributed by atoms with Crippen molar-refractivity contribution in [3.05, 3.63) is 52.5 Å². The van der Waals surface area contributed by atoms with Crippen LogP contribution in [-0.2, 0) is 0 Å². The van der Waals surface area contributed by atoms with E-state index in [1.807, 2.05) is 39.0 Å². The van der Waals surface area contributed by atoms with Crippen LogP contribution in [0.15, 0.2) is 36.4 Å². The van der Waals surface area contributed by atoms with E-state index in [4.69, 9.17) is 17.3 Å². The van der Waals surface area contributed by atoms with Crippen molar-refractivity contribution in [3.63, 3.8) is 0 Å². The van der Waals surface area contributed by atoms with Crippen LogP contribution in [0.5, 0.6) is 0 Å². The lowest BCUT2D eigenvalue weighted by molar-refractivity contribution is 0.0944. The van der Waals surface area contributed by atoms with Gasteiger partial charge in [0.05, 0.1) is 11.3 Å². The number of anilines is 3. The summed E-state index contributed by atoms with van der Waals surface area (Å²) in [6, 6.07) is 10.9. The SMILES string of the molecule is Cc1c(Cl)cccc1Nc1ccc(N)cc1C(=O)NC(C)C. The zero-order valence-electron chi connectivity index (χ0n) is 12.9. The van der Waals surface area contributed by atoms with Crippen molar-refractivity contribution >= 4 is 34.6 Å². The maximum absolute atomic E-state index is 12.3. The first-order chi connectivity index (χ1) is 10.4. The van der Waals surface area contributed by atoms with Gasteiger partial charge < -0.3 is 16.4 Å². The Balaban J connectivity index is 2.38. The Morgan fingerprint density at radius 2 is 1.91 bits per heavy atom.